The van der Waals surface area contributed by atoms with Crippen LogP contribution in [0.5, 0.6) is 0 Å². The number of rotatable bonds is 8. The number of nitrogens with two attached hydrogens (primary N) is 2. The molecule has 0 spiro atoms. The van der Waals surface area contributed by atoms with Crippen LogP contribution < -0.4 is 11.5 Å². The highest BCUT2D eigenvalue weighted by Crippen LogP contribution is 2.54. The zero-order valence-electron chi connectivity index (χ0n) is 23.2. The molecule has 3 atom stereocenters. The third-order valence-electron chi connectivity index (χ3n) is 8.75. The van der Waals surface area contributed by atoms with Gasteiger partial charge in [0.2, 0.25) is 0 Å². The summed E-state index contributed by atoms with van der Waals surface area (Å²) in [5.74, 6) is 0.175. The Kier molecular flexibility index (Phi) is 6.44. The molecule has 6 rings (SSSR count). The van der Waals surface area contributed by atoms with Gasteiger partial charge in [0, 0.05) is 45.7 Å². The highest BCUT2D eigenvalue weighted by molar-refractivity contribution is 6.07. The van der Waals surface area contributed by atoms with Crippen LogP contribution in [-0.2, 0) is 5.41 Å². The Balaban J connectivity index is 1.76. The number of carbonyl (C=O) groups excluding carboxylic acids is 1. The number of fused-ring (bicyclic) bond motifs is 3. The summed E-state index contributed by atoms with van der Waals surface area (Å²) in [6.07, 6.45) is 6.09. The van der Waals surface area contributed by atoms with E-state index in [2.05, 4.69) is 96.8 Å². The van der Waals surface area contributed by atoms with Crippen molar-refractivity contribution in [2.45, 2.75) is 70.6 Å². The smallest absolute Gasteiger partial charge is 0.164 e. The lowest BCUT2D eigenvalue weighted by molar-refractivity contribution is 0.0984. The van der Waals surface area contributed by atoms with Gasteiger partial charge >= 0.3 is 0 Å². The first-order valence-electron chi connectivity index (χ1n) is 14.3. The fourth-order valence-corrected chi connectivity index (χ4v) is 7.16. The van der Waals surface area contributed by atoms with E-state index < -0.39 is 5.41 Å². The first kappa shape index (κ1) is 25.6. The third-order valence-corrected chi connectivity index (χ3v) is 8.75. The van der Waals surface area contributed by atoms with Gasteiger partial charge in [-0.15, -0.1) is 0 Å². The van der Waals surface area contributed by atoms with Crippen LogP contribution in [0.15, 0.2) is 79.0 Å². The molecule has 0 amide bonds. The molecule has 0 saturated carbocycles. The Bertz CT molecular complexity index is 1690. The van der Waals surface area contributed by atoms with Crippen molar-refractivity contribution in [1.29, 1.82) is 0 Å². The van der Waals surface area contributed by atoms with Gasteiger partial charge in [0.1, 0.15) is 0 Å². The molecule has 0 aliphatic heterocycles. The van der Waals surface area contributed by atoms with E-state index in [4.69, 9.17) is 11.5 Å². The summed E-state index contributed by atoms with van der Waals surface area (Å²) in [6, 6.07) is 25.2. The Morgan fingerprint density at radius 3 is 2.15 bits per heavy atom. The Labute approximate surface area is 230 Å². The van der Waals surface area contributed by atoms with Crippen LogP contribution in [0.1, 0.15) is 91.0 Å². The third kappa shape index (κ3) is 3.71. The van der Waals surface area contributed by atoms with E-state index in [0.29, 0.717) is 6.42 Å². The van der Waals surface area contributed by atoms with Crippen molar-refractivity contribution in [3.8, 4) is 0 Å². The summed E-state index contributed by atoms with van der Waals surface area (Å²) in [7, 11) is 0. The molecule has 2 aromatic heterocycles. The fourth-order valence-electron chi connectivity index (χ4n) is 7.16. The normalized spacial score (nSPS) is 18.6. The number of para-hydroxylation sites is 2. The number of aromatic nitrogens is 2. The molecule has 1 aliphatic carbocycles. The number of benzene rings is 3. The largest absolute Gasteiger partial charge is 0.331 e. The molecule has 5 aromatic rings. The summed E-state index contributed by atoms with van der Waals surface area (Å²) in [5.41, 5.74) is 20.5. The van der Waals surface area contributed by atoms with E-state index in [1.165, 1.54) is 5.56 Å². The van der Waals surface area contributed by atoms with Crippen molar-refractivity contribution in [2.24, 2.45) is 11.5 Å². The maximum absolute atomic E-state index is 13.8. The second-order valence-electron chi connectivity index (χ2n) is 11.1. The van der Waals surface area contributed by atoms with Gasteiger partial charge in [0.05, 0.1) is 17.7 Å². The summed E-state index contributed by atoms with van der Waals surface area (Å²) in [6.45, 7) is 6.52. The van der Waals surface area contributed by atoms with Crippen LogP contribution in [-0.4, -0.2) is 14.9 Å². The van der Waals surface area contributed by atoms with E-state index in [9.17, 15) is 4.79 Å². The van der Waals surface area contributed by atoms with Crippen LogP contribution in [0.2, 0.25) is 0 Å². The highest BCUT2D eigenvalue weighted by atomic mass is 16.1. The minimum absolute atomic E-state index is 0.140. The molecule has 3 aromatic carbocycles. The van der Waals surface area contributed by atoms with Gasteiger partial charge in [-0.3, -0.25) is 4.79 Å². The zero-order chi connectivity index (χ0) is 27.3. The van der Waals surface area contributed by atoms with Crippen LogP contribution in [0, 0.1) is 6.92 Å². The molecule has 1 aliphatic rings. The number of carbonyl (C=O) groups is 1. The molecule has 200 valence electrons. The number of nitrogens with zero attached hydrogens (tertiary/aromatic N) is 2. The lowest BCUT2D eigenvalue weighted by Gasteiger charge is -2.32. The summed E-state index contributed by atoms with van der Waals surface area (Å²) >= 11 is 0. The molecule has 0 fully saturated rings. The van der Waals surface area contributed by atoms with Crippen molar-refractivity contribution in [3.05, 3.63) is 107 Å². The number of Topliss-reactive ketones (excluding diaryl/α,β-unsaturated/α-hetero) is 1. The van der Waals surface area contributed by atoms with Gasteiger partial charge in [-0.2, -0.15) is 0 Å². The first-order chi connectivity index (χ1) is 18.9. The van der Waals surface area contributed by atoms with Crippen LogP contribution in [0.3, 0.4) is 0 Å². The predicted octanol–water partition coefficient (Wildman–Crippen LogP) is 7.34. The standard InChI is InChI=1S/C34H38N4O/c1-4-12-31(35)37-21-27(23-14-7-10-18-28(23)37)34(20-30(39)24-15-6-9-17-26(24)34)33-22(3)38(32(36)13-5-2)29-19-11-8-16-25(29)33/h6-11,14-19,21,31-32H,4-5,12-13,20,35-36H2,1-3H3. The highest BCUT2D eigenvalue weighted by Gasteiger charge is 2.50. The van der Waals surface area contributed by atoms with Gasteiger partial charge in [-0.1, -0.05) is 87.4 Å². The quantitative estimate of drug-likeness (QED) is 0.226. The lowest BCUT2D eigenvalue weighted by atomic mass is 9.69. The van der Waals surface area contributed by atoms with E-state index in [0.717, 1.165) is 69.9 Å². The van der Waals surface area contributed by atoms with Crippen molar-refractivity contribution in [1.82, 2.24) is 9.13 Å². The van der Waals surface area contributed by atoms with Gasteiger partial charge in [0.15, 0.2) is 5.78 Å². The number of hydrogen-bond donors (Lipinski definition) is 2. The topological polar surface area (TPSA) is 79.0 Å². The molecule has 0 saturated heterocycles. The molecule has 0 bridgehead atoms. The summed E-state index contributed by atoms with van der Waals surface area (Å²) in [4.78, 5) is 13.8. The number of hydrogen-bond acceptors (Lipinski definition) is 3. The fraction of sp³-hybridized carbons (Fsp3) is 0.324. The Hall–Kier alpha value is -3.67. The van der Waals surface area contributed by atoms with E-state index >= 15 is 0 Å². The maximum atomic E-state index is 13.8. The molecule has 3 unspecified atom stereocenters. The van der Waals surface area contributed by atoms with Crippen molar-refractivity contribution < 1.29 is 4.79 Å². The molecular weight excluding hydrogens is 480 g/mol. The minimum atomic E-state index is -0.661. The van der Waals surface area contributed by atoms with E-state index in [1.807, 2.05) is 12.1 Å². The van der Waals surface area contributed by atoms with Gasteiger partial charge in [-0.05, 0) is 48.6 Å². The summed E-state index contributed by atoms with van der Waals surface area (Å²) in [5, 5.41) is 2.29. The van der Waals surface area contributed by atoms with Gasteiger partial charge in [-0.25, -0.2) is 0 Å². The molecule has 2 heterocycles. The average Bonchev–Trinajstić information content (AvgIpc) is 3.57. The van der Waals surface area contributed by atoms with Crippen LogP contribution in [0.4, 0.5) is 0 Å². The zero-order valence-corrected chi connectivity index (χ0v) is 23.2. The maximum Gasteiger partial charge on any atom is 0.164 e. The predicted molar refractivity (Wildman–Crippen MR) is 160 cm³/mol. The van der Waals surface area contributed by atoms with Crippen LogP contribution >= 0.6 is 0 Å². The van der Waals surface area contributed by atoms with Gasteiger partial charge in [0.25, 0.3) is 0 Å². The lowest BCUT2D eigenvalue weighted by Crippen LogP contribution is -2.29. The van der Waals surface area contributed by atoms with Crippen molar-refractivity contribution >= 4 is 27.6 Å². The van der Waals surface area contributed by atoms with E-state index in [-0.39, 0.29) is 18.1 Å². The van der Waals surface area contributed by atoms with Crippen LogP contribution in [0.25, 0.3) is 21.8 Å². The average molecular weight is 519 g/mol. The van der Waals surface area contributed by atoms with Crippen molar-refractivity contribution in [3.63, 3.8) is 0 Å². The first-order valence-corrected chi connectivity index (χ1v) is 14.3. The molecular formula is C34H38N4O. The SMILES string of the molecule is CCCC(N)n1cc(C2(c3c(C)n(C(N)CCC)c4ccccc34)CC(=O)c3ccccc32)c2ccccc21. The molecule has 5 heteroatoms. The number of ketones is 1. The van der Waals surface area contributed by atoms with E-state index in [1.54, 1.807) is 0 Å². The minimum Gasteiger partial charge on any atom is -0.331 e. The van der Waals surface area contributed by atoms with Gasteiger partial charge < -0.3 is 20.6 Å². The molecule has 39 heavy (non-hydrogen) atoms. The second-order valence-corrected chi connectivity index (χ2v) is 11.1. The second kappa shape index (κ2) is 9.82. The molecule has 4 N–H and O–H groups in total. The molecule has 5 nitrogen and oxygen atoms in total. The van der Waals surface area contributed by atoms with Crippen molar-refractivity contribution in [2.75, 3.05) is 0 Å². The molecule has 0 radical (unpaired) electrons. The Morgan fingerprint density at radius 1 is 0.795 bits per heavy atom. The monoisotopic (exact) mass is 518 g/mol. The Morgan fingerprint density at radius 2 is 1.41 bits per heavy atom. The summed E-state index contributed by atoms with van der Waals surface area (Å²) < 4.78 is 4.52.